The third kappa shape index (κ3) is 4.28. The van der Waals surface area contributed by atoms with Crippen LogP contribution in [-0.4, -0.2) is 34.7 Å². The molecule has 0 spiro atoms. The summed E-state index contributed by atoms with van der Waals surface area (Å²) in [6.07, 6.45) is 0.987. The minimum atomic E-state index is -0.925. The molecule has 6 nitrogen and oxygen atoms in total. The molecule has 7 heteroatoms. The number of amides is 1. The van der Waals surface area contributed by atoms with Crippen LogP contribution in [0.25, 0.3) is 11.3 Å². The summed E-state index contributed by atoms with van der Waals surface area (Å²) in [5, 5.41) is 12.4. The molecule has 0 aliphatic carbocycles. The van der Waals surface area contributed by atoms with E-state index >= 15 is 0 Å². The normalized spacial score (nSPS) is 16.8. The second-order valence-corrected chi connectivity index (χ2v) is 7.71. The summed E-state index contributed by atoms with van der Waals surface area (Å²) in [6.45, 7) is 4.83. The monoisotopic (exact) mass is 374 g/mol. The van der Waals surface area contributed by atoms with Crippen molar-refractivity contribution in [1.82, 2.24) is 4.98 Å². The fourth-order valence-electron chi connectivity index (χ4n) is 2.88. The van der Waals surface area contributed by atoms with Gasteiger partial charge in [0.25, 0.3) is 5.91 Å². The van der Waals surface area contributed by atoms with Crippen molar-refractivity contribution < 1.29 is 19.4 Å². The van der Waals surface area contributed by atoms with Gasteiger partial charge in [-0.2, -0.15) is 0 Å². The number of nitrogens with zero attached hydrogens (tertiary/aromatic N) is 1. The fourth-order valence-corrected chi connectivity index (χ4v) is 3.86. The van der Waals surface area contributed by atoms with Gasteiger partial charge in [-0.15, -0.1) is 11.3 Å². The molecule has 1 aromatic heterocycles. The van der Waals surface area contributed by atoms with E-state index in [2.05, 4.69) is 24.1 Å². The molecule has 26 heavy (non-hydrogen) atoms. The van der Waals surface area contributed by atoms with Crippen LogP contribution in [0.4, 0.5) is 5.13 Å². The molecule has 1 aliphatic rings. The number of aliphatic carboxylic acids is 1. The molecular weight excluding hydrogens is 352 g/mol. The lowest BCUT2D eigenvalue weighted by molar-refractivity contribution is -0.136. The number of nitrogens with one attached hydrogen (secondary N) is 1. The van der Waals surface area contributed by atoms with Crippen molar-refractivity contribution in [3.05, 3.63) is 34.7 Å². The molecule has 1 amide bonds. The van der Waals surface area contributed by atoms with Crippen LogP contribution in [0.1, 0.15) is 43.0 Å². The van der Waals surface area contributed by atoms with E-state index in [0.29, 0.717) is 34.6 Å². The SMILES string of the molecule is CC(C)c1ccc(-c2nc(NC(=O)C3CCCO3)sc2CC(=O)O)cc1. The number of benzene rings is 1. The van der Waals surface area contributed by atoms with Gasteiger partial charge in [0, 0.05) is 17.0 Å². The number of carbonyl (C=O) groups excluding carboxylic acids is 1. The van der Waals surface area contributed by atoms with E-state index in [4.69, 9.17) is 4.74 Å². The predicted molar refractivity (Wildman–Crippen MR) is 101 cm³/mol. The van der Waals surface area contributed by atoms with E-state index in [1.165, 1.54) is 16.9 Å². The standard InChI is InChI=1S/C19H22N2O4S/c1-11(2)12-5-7-13(8-6-12)17-15(10-16(22)23)26-19(20-17)21-18(24)14-4-3-9-25-14/h5-8,11,14H,3-4,9-10H2,1-2H3,(H,22,23)(H,20,21,24). The van der Waals surface area contributed by atoms with Gasteiger partial charge in [-0.1, -0.05) is 38.1 Å². The highest BCUT2D eigenvalue weighted by atomic mass is 32.1. The van der Waals surface area contributed by atoms with Gasteiger partial charge in [0.2, 0.25) is 0 Å². The summed E-state index contributed by atoms with van der Waals surface area (Å²) >= 11 is 1.20. The van der Waals surface area contributed by atoms with Gasteiger partial charge in [0.15, 0.2) is 5.13 Å². The van der Waals surface area contributed by atoms with Crippen molar-refractivity contribution >= 4 is 28.3 Å². The molecule has 0 bridgehead atoms. The molecule has 2 N–H and O–H groups in total. The first-order chi connectivity index (χ1) is 12.4. The smallest absolute Gasteiger partial charge is 0.308 e. The third-order valence-electron chi connectivity index (χ3n) is 4.31. The second kappa shape index (κ2) is 7.97. The lowest BCUT2D eigenvalue weighted by Gasteiger charge is -2.07. The highest BCUT2D eigenvalue weighted by Crippen LogP contribution is 2.33. The van der Waals surface area contributed by atoms with E-state index in [9.17, 15) is 14.7 Å². The lowest BCUT2D eigenvalue weighted by Crippen LogP contribution is -2.26. The average Bonchev–Trinajstić information content (AvgIpc) is 3.24. The number of carbonyl (C=O) groups is 2. The van der Waals surface area contributed by atoms with E-state index in [1.54, 1.807) is 0 Å². The second-order valence-electron chi connectivity index (χ2n) is 6.63. The number of anilines is 1. The number of carboxylic acids is 1. The Morgan fingerprint density at radius 1 is 1.35 bits per heavy atom. The molecule has 1 unspecified atom stereocenters. The Balaban J connectivity index is 1.86. The molecule has 138 valence electrons. The van der Waals surface area contributed by atoms with Crippen LogP contribution < -0.4 is 5.32 Å². The largest absolute Gasteiger partial charge is 0.481 e. The van der Waals surface area contributed by atoms with Gasteiger partial charge in [-0.25, -0.2) is 4.98 Å². The van der Waals surface area contributed by atoms with Crippen LogP contribution in [0, 0.1) is 0 Å². The summed E-state index contributed by atoms with van der Waals surface area (Å²) in [6, 6.07) is 7.94. The third-order valence-corrected chi connectivity index (χ3v) is 5.28. The highest BCUT2D eigenvalue weighted by molar-refractivity contribution is 7.16. The number of carboxylic acid groups (broad SMARTS) is 1. The van der Waals surface area contributed by atoms with Crippen LogP contribution in [0.3, 0.4) is 0 Å². The van der Waals surface area contributed by atoms with Crippen LogP contribution in [0.15, 0.2) is 24.3 Å². The summed E-state index contributed by atoms with van der Waals surface area (Å²) in [5.41, 5.74) is 2.66. The summed E-state index contributed by atoms with van der Waals surface area (Å²) < 4.78 is 5.38. The average molecular weight is 374 g/mol. The summed E-state index contributed by atoms with van der Waals surface area (Å²) in [4.78, 5) is 28.5. The van der Waals surface area contributed by atoms with Gasteiger partial charge in [0.1, 0.15) is 6.10 Å². The van der Waals surface area contributed by atoms with Crippen molar-refractivity contribution in [3.8, 4) is 11.3 Å². The van der Waals surface area contributed by atoms with Crippen LogP contribution >= 0.6 is 11.3 Å². The maximum Gasteiger partial charge on any atom is 0.308 e. The molecule has 1 fully saturated rings. The highest BCUT2D eigenvalue weighted by Gasteiger charge is 2.25. The number of aromatic nitrogens is 1. The van der Waals surface area contributed by atoms with Gasteiger partial charge < -0.3 is 9.84 Å². The Morgan fingerprint density at radius 3 is 2.65 bits per heavy atom. The molecule has 1 aromatic carbocycles. The topological polar surface area (TPSA) is 88.5 Å². The maximum absolute atomic E-state index is 12.2. The van der Waals surface area contributed by atoms with Crippen molar-refractivity contribution in [3.63, 3.8) is 0 Å². The van der Waals surface area contributed by atoms with Gasteiger partial charge in [-0.3, -0.25) is 14.9 Å². The van der Waals surface area contributed by atoms with Crippen molar-refractivity contribution in [1.29, 1.82) is 0 Å². The minimum Gasteiger partial charge on any atom is -0.481 e. The molecule has 1 saturated heterocycles. The van der Waals surface area contributed by atoms with E-state index in [1.807, 2.05) is 24.3 Å². The first kappa shape index (κ1) is 18.5. The Labute approximate surface area is 156 Å². The first-order valence-electron chi connectivity index (χ1n) is 8.68. The van der Waals surface area contributed by atoms with Gasteiger partial charge in [0.05, 0.1) is 12.1 Å². The summed E-state index contributed by atoms with van der Waals surface area (Å²) in [5.74, 6) is -0.732. The van der Waals surface area contributed by atoms with E-state index < -0.39 is 12.1 Å². The van der Waals surface area contributed by atoms with Gasteiger partial charge in [-0.05, 0) is 24.3 Å². The predicted octanol–water partition coefficient (Wildman–Crippen LogP) is 3.68. The molecule has 2 heterocycles. The quantitative estimate of drug-likeness (QED) is 0.805. The number of thiazole rings is 1. The molecule has 1 atom stereocenters. The lowest BCUT2D eigenvalue weighted by atomic mass is 10.0. The Hall–Kier alpha value is -2.25. The van der Waals surface area contributed by atoms with Crippen LogP contribution in [-0.2, 0) is 20.7 Å². The van der Waals surface area contributed by atoms with Crippen molar-refractivity contribution in [2.24, 2.45) is 0 Å². The Kier molecular flexibility index (Phi) is 5.68. The van der Waals surface area contributed by atoms with Gasteiger partial charge >= 0.3 is 5.97 Å². The number of hydrogen-bond acceptors (Lipinski definition) is 5. The van der Waals surface area contributed by atoms with Crippen LogP contribution in [0.2, 0.25) is 0 Å². The zero-order valence-corrected chi connectivity index (χ0v) is 15.6. The number of rotatable bonds is 6. The molecule has 1 aliphatic heterocycles. The molecular formula is C19H22N2O4S. The zero-order chi connectivity index (χ0) is 18.7. The first-order valence-corrected chi connectivity index (χ1v) is 9.50. The molecule has 0 radical (unpaired) electrons. The zero-order valence-electron chi connectivity index (χ0n) is 14.8. The minimum absolute atomic E-state index is 0.130. The Bertz CT molecular complexity index is 792. The molecule has 3 rings (SSSR count). The molecule has 0 saturated carbocycles. The maximum atomic E-state index is 12.2. The molecule has 2 aromatic rings. The summed E-state index contributed by atoms with van der Waals surface area (Å²) in [7, 11) is 0. The fraction of sp³-hybridized carbons (Fsp3) is 0.421. The van der Waals surface area contributed by atoms with Crippen molar-refractivity contribution in [2.45, 2.75) is 45.1 Å². The number of hydrogen-bond donors (Lipinski definition) is 2. The Morgan fingerprint density at radius 2 is 2.08 bits per heavy atom. The van der Waals surface area contributed by atoms with E-state index in [-0.39, 0.29) is 12.3 Å². The van der Waals surface area contributed by atoms with Crippen molar-refractivity contribution in [2.75, 3.05) is 11.9 Å². The van der Waals surface area contributed by atoms with Crippen LogP contribution in [0.5, 0.6) is 0 Å². The van der Waals surface area contributed by atoms with E-state index in [0.717, 1.165) is 12.0 Å². The number of ether oxygens (including phenoxy) is 1.